The van der Waals surface area contributed by atoms with Crippen LogP contribution in [0.2, 0.25) is 0 Å². The minimum Gasteiger partial charge on any atom is -0.399 e. The SMILES string of the molecule is Nc1ccc(NC(=O)CCCSc2ccc(Br)cc2)cc1. The van der Waals surface area contributed by atoms with E-state index in [4.69, 9.17) is 5.73 Å². The third-order valence-corrected chi connectivity index (χ3v) is 4.45. The van der Waals surface area contributed by atoms with Crippen LogP contribution in [0.15, 0.2) is 57.9 Å². The molecule has 21 heavy (non-hydrogen) atoms. The van der Waals surface area contributed by atoms with Crippen molar-refractivity contribution in [3.63, 3.8) is 0 Å². The lowest BCUT2D eigenvalue weighted by Gasteiger charge is -2.05. The van der Waals surface area contributed by atoms with E-state index in [0.29, 0.717) is 12.1 Å². The van der Waals surface area contributed by atoms with Gasteiger partial charge >= 0.3 is 0 Å². The summed E-state index contributed by atoms with van der Waals surface area (Å²) in [7, 11) is 0. The van der Waals surface area contributed by atoms with Crippen LogP contribution in [0.25, 0.3) is 0 Å². The molecule has 0 aliphatic carbocycles. The maximum absolute atomic E-state index is 11.8. The normalized spacial score (nSPS) is 10.3. The van der Waals surface area contributed by atoms with Crippen molar-refractivity contribution in [2.75, 3.05) is 16.8 Å². The van der Waals surface area contributed by atoms with Crippen LogP contribution in [0, 0.1) is 0 Å². The highest BCUT2D eigenvalue weighted by Crippen LogP contribution is 2.21. The molecule has 3 N–H and O–H groups in total. The number of carbonyl (C=O) groups excluding carboxylic acids is 1. The van der Waals surface area contributed by atoms with Crippen molar-refractivity contribution in [3.05, 3.63) is 53.0 Å². The summed E-state index contributed by atoms with van der Waals surface area (Å²) >= 11 is 5.17. The van der Waals surface area contributed by atoms with Crippen molar-refractivity contribution in [1.29, 1.82) is 0 Å². The van der Waals surface area contributed by atoms with E-state index in [1.54, 1.807) is 23.9 Å². The van der Waals surface area contributed by atoms with Crippen LogP contribution in [-0.2, 0) is 4.79 Å². The number of amides is 1. The molecule has 110 valence electrons. The molecule has 2 aromatic rings. The molecule has 0 radical (unpaired) electrons. The summed E-state index contributed by atoms with van der Waals surface area (Å²) in [5.74, 6) is 0.965. The molecule has 0 saturated heterocycles. The molecule has 5 heteroatoms. The largest absolute Gasteiger partial charge is 0.399 e. The molecular formula is C16H17BrN2OS. The van der Waals surface area contributed by atoms with Crippen LogP contribution < -0.4 is 11.1 Å². The van der Waals surface area contributed by atoms with E-state index < -0.39 is 0 Å². The van der Waals surface area contributed by atoms with E-state index >= 15 is 0 Å². The Morgan fingerprint density at radius 1 is 1.10 bits per heavy atom. The zero-order valence-corrected chi connectivity index (χ0v) is 13.9. The van der Waals surface area contributed by atoms with E-state index in [-0.39, 0.29) is 5.91 Å². The van der Waals surface area contributed by atoms with Gasteiger partial charge in [0.05, 0.1) is 0 Å². The van der Waals surface area contributed by atoms with Gasteiger partial charge in [-0.2, -0.15) is 0 Å². The molecule has 0 saturated carbocycles. The highest BCUT2D eigenvalue weighted by atomic mass is 79.9. The fourth-order valence-electron chi connectivity index (χ4n) is 1.74. The van der Waals surface area contributed by atoms with Crippen LogP contribution in [0.1, 0.15) is 12.8 Å². The summed E-state index contributed by atoms with van der Waals surface area (Å²) < 4.78 is 1.08. The quantitative estimate of drug-likeness (QED) is 0.449. The minimum absolute atomic E-state index is 0.0381. The van der Waals surface area contributed by atoms with Crippen molar-refractivity contribution in [2.45, 2.75) is 17.7 Å². The first-order chi connectivity index (χ1) is 10.1. The number of halogens is 1. The molecule has 3 nitrogen and oxygen atoms in total. The highest BCUT2D eigenvalue weighted by molar-refractivity contribution is 9.10. The van der Waals surface area contributed by atoms with Gasteiger partial charge in [-0.15, -0.1) is 11.8 Å². The second kappa shape index (κ2) is 8.10. The molecular weight excluding hydrogens is 348 g/mol. The Morgan fingerprint density at radius 3 is 2.43 bits per heavy atom. The van der Waals surface area contributed by atoms with Crippen molar-refractivity contribution >= 4 is 45.0 Å². The first kappa shape index (κ1) is 15.9. The fraction of sp³-hybridized carbons (Fsp3) is 0.188. The van der Waals surface area contributed by atoms with E-state index in [2.05, 4.69) is 33.4 Å². The molecule has 1 amide bonds. The van der Waals surface area contributed by atoms with E-state index in [1.807, 2.05) is 24.3 Å². The smallest absolute Gasteiger partial charge is 0.224 e. The molecule has 0 fully saturated rings. The van der Waals surface area contributed by atoms with Crippen LogP contribution in [0.4, 0.5) is 11.4 Å². The first-order valence-electron chi connectivity index (χ1n) is 6.67. The number of nitrogens with two attached hydrogens (primary N) is 1. The van der Waals surface area contributed by atoms with Gasteiger partial charge < -0.3 is 11.1 Å². The van der Waals surface area contributed by atoms with Gasteiger partial charge in [0.2, 0.25) is 5.91 Å². The Kier molecular flexibility index (Phi) is 6.14. The Bertz CT molecular complexity index is 584. The topological polar surface area (TPSA) is 55.1 Å². The number of anilines is 2. The summed E-state index contributed by atoms with van der Waals surface area (Å²) in [6.07, 6.45) is 1.37. The van der Waals surface area contributed by atoms with Gasteiger partial charge in [-0.25, -0.2) is 0 Å². The molecule has 0 aliphatic heterocycles. The maximum Gasteiger partial charge on any atom is 0.224 e. The monoisotopic (exact) mass is 364 g/mol. The lowest BCUT2D eigenvalue weighted by atomic mass is 10.2. The van der Waals surface area contributed by atoms with Gasteiger partial charge in [0, 0.05) is 27.2 Å². The standard InChI is InChI=1S/C16H17BrN2OS/c17-12-3-9-15(10-4-12)21-11-1-2-16(20)19-14-7-5-13(18)6-8-14/h3-10H,1-2,11,18H2,(H,19,20). The number of thioether (sulfide) groups is 1. The molecule has 0 aromatic heterocycles. The second-order valence-electron chi connectivity index (χ2n) is 4.58. The number of carbonyl (C=O) groups is 1. The van der Waals surface area contributed by atoms with E-state index in [0.717, 1.165) is 22.3 Å². The molecule has 0 bridgehead atoms. The Balaban J connectivity index is 1.67. The van der Waals surface area contributed by atoms with Gasteiger partial charge in [-0.3, -0.25) is 4.79 Å². The molecule has 0 heterocycles. The number of rotatable bonds is 6. The van der Waals surface area contributed by atoms with Gasteiger partial charge in [0.15, 0.2) is 0 Å². The molecule has 0 spiro atoms. The predicted molar refractivity (Wildman–Crippen MR) is 93.6 cm³/mol. The maximum atomic E-state index is 11.8. The third kappa shape index (κ3) is 5.81. The summed E-state index contributed by atoms with van der Waals surface area (Å²) in [5, 5.41) is 2.87. The van der Waals surface area contributed by atoms with Crippen molar-refractivity contribution in [2.24, 2.45) is 0 Å². The minimum atomic E-state index is 0.0381. The zero-order chi connectivity index (χ0) is 15.1. The summed E-state index contributed by atoms with van der Waals surface area (Å²) in [6, 6.07) is 15.4. The number of hydrogen-bond acceptors (Lipinski definition) is 3. The van der Waals surface area contributed by atoms with Crippen LogP contribution in [-0.4, -0.2) is 11.7 Å². The third-order valence-electron chi connectivity index (χ3n) is 2.82. The predicted octanol–water partition coefficient (Wildman–Crippen LogP) is 4.54. The van der Waals surface area contributed by atoms with E-state index in [9.17, 15) is 4.79 Å². The Labute approximate surface area is 137 Å². The van der Waals surface area contributed by atoms with Gasteiger partial charge in [-0.1, -0.05) is 15.9 Å². The second-order valence-corrected chi connectivity index (χ2v) is 6.66. The summed E-state index contributed by atoms with van der Waals surface area (Å²) in [5.41, 5.74) is 7.08. The molecule has 0 unspecified atom stereocenters. The average molecular weight is 365 g/mol. The zero-order valence-electron chi connectivity index (χ0n) is 11.5. The number of hydrogen-bond donors (Lipinski definition) is 2. The fourth-order valence-corrected chi connectivity index (χ4v) is 2.86. The van der Waals surface area contributed by atoms with Crippen LogP contribution >= 0.6 is 27.7 Å². The first-order valence-corrected chi connectivity index (χ1v) is 8.45. The van der Waals surface area contributed by atoms with Crippen LogP contribution in [0.3, 0.4) is 0 Å². The van der Waals surface area contributed by atoms with Crippen molar-refractivity contribution in [3.8, 4) is 0 Å². The summed E-state index contributed by atoms with van der Waals surface area (Å²) in [6.45, 7) is 0. The van der Waals surface area contributed by atoms with Gasteiger partial charge in [0.1, 0.15) is 0 Å². The van der Waals surface area contributed by atoms with Crippen molar-refractivity contribution < 1.29 is 4.79 Å². The lowest BCUT2D eigenvalue weighted by Crippen LogP contribution is -2.11. The highest BCUT2D eigenvalue weighted by Gasteiger charge is 2.02. The van der Waals surface area contributed by atoms with Crippen molar-refractivity contribution in [1.82, 2.24) is 0 Å². The van der Waals surface area contributed by atoms with Gasteiger partial charge in [0.25, 0.3) is 0 Å². The number of nitrogens with one attached hydrogen (secondary N) is 1. The van der Waals surface area contributed by atoms with E-state index in [1.165, 1.54) is 4.90 Å². The molecule has 2 rings (SSSR count). The van der Waals surface area contributed by atoms with Crippen LogP contribution in [0.5, 0.6) is 0 Å². The molecule has 0 aliphatic rings. The number of nitrogen functional groups attached to an aromatic ring is 1. The summed E-state index contributed by atoms with van der Waals surface area (Å²) in [4.78, 5) is 13.0. The molecule has 0 atom stereocenters. The Morgan fingerprint density at radius 2 is 1.76 bits per heavy atom. The Hall–Kier alpha value is -1.46. The molecule has 2 aromatic carbocycles. The average Bonchev–Trinajstić information content (AvgIpc) is 2.48. The van der Waals surface area contributed by atoms with Gasteiger partial charge in [-0.05, 0) is 60.7 Å². The lowest BCUT2D eigenvalue weighted by molar-refractivity contribution is -0.116. The number of benzene rings is 2.